The molecule has 0 saturated heterocycles. The van der Waals surface area contributed by atoms with Crippen molar-refractivity contribution in [3.05, 3.63) is 0 Å². The van der Waals surface area contributed by atoms with Crippen LogP contribution in [0.25, 0.3) is 0 Å². The molecule has 0 atom stereocenters. The molecule has 0 radical (unpaired) electrons. The first-order chi connectivity index (χ1) is 9.99. The highest BCUT2D eigenvalue weighted by Crippen LogP contribution is 2.18. The van der Waals surface area contributed by atoms with E-state index in [2.05, 4.69) is 25.6 Å². The maximum Gasteiger partial charge on any atom is 0.239 e. The molecule has 0 spiro atoms. The molecule has 1 amide bonds. The van der Waals surface area contributed by atoms with Gasteiger partial charge in [0, 0.05) is 33.7 Å². The van der Waals surface area contributed by atoms with Gasteiger partial charge in [0.1, 0.15) is 0 Å². The number of hydrogen-bond donors (Lipinski definition) is 2. The minimum absolute atomic E-state index is 0.00295. The van der Waals surface area contributed by atoms with Crippen molar-refractivity contribution in [1.82, 2.24) is 20.3 Å². The van der Waals surface area contributed by atoms with Crippen LogP contribution in [0.2, 0.25) is 0 Å². The standard InChI is InChI=1S/C13H23N7O/c1-5-14-11-16-12(19(2)3)18-13(17-11)20(4)8-10(21)15-9-6-7-9/h9H,5-8H2,1-4H3,(H,15,21)(H,14,16,17,18). The lowest BCUT2D eigenvalue weighted by Crippen LogP contribution is -2.37. The number of amides is 1. The highest BCUT2D eigenvalue weighted by atomic mass is 16.2. The summed E-state index contributed by atoms with van der Waals surface area (Å²) in [5.41, 5.74) is 0. The third-order valence-corrected chi connectivity index (χ3v) is 3.01. The Bertz CT molecular complexity index is 501. The molecule has 0 unspecified atom stereocenters. The molecule has 116 valence electrons. The van der Waals surface area contributed by atoms with Gasteiger partial charge in [-0.25, -0.2) is 0 Å². The molecule has 1 aromatic rings. The van der Waals surface area contributed by atoms with E-state index in [1.54, 1.807) is 11.9 Å². The van der Waals surface area contributed by atoms with Crippen molar-refractivity contribution in [2.45, 2.75) is 25.8 Å². The monoisotopic (exact) mass is 293 g/mol. The second-order valence-electron chi connectivity index (χ2n) is 5.38. The number of carbonyl (C=O) groups is 1. The van der Waals surface area contributed by atoms with Gasteiger partial charge in [-0.2, -0.15) is 15.0 Å². The Labute approximate surface area is 125 Å². The van der Waals surface area contributed by atoms with Gasteiger partial charge < -0.3 is 20.4 Å². The summed E-state index contributed by atoms with van der Waals surface area (Å²) in [7, 11) is 5.54. The lowest BCUT2D eigenvalue weighted by atomic mass is 10.5. The molecule has 1 heterocycles. The smallest absolute Gasteiger partial charge is 0.239 e. The van der Waals surface area contributed by atoms with Crippen molar-refractivity contribution in [1.29, 1.82) is 0 Å². The van der Waals surface area contributed by atoms with Gasteiger partial charge in [-0.15, -0.1) is 0 Å². The molecule has 1 fully saturated rings. The molecule has 2 rings (SSSR count). The van der Waals surface area contributed by atoms with Crippen molar-refractivity contribution >= 4 is 23.8 Å². The van der Waals surface area contributed by atoms with E-state index in [0.717, 1.165) is 19.4 Å². The normalized spacial score (nSPS) is 13.7. The topological polar surface area (TPSA) is 86.3 Å². The van der Waals surface area contributed by atoms with Crippen LogP contribution in [-0.2, 0) is 4.79 Å². The highest BCUT2D eigenvalue weighted by molar-refractivity contribution is 5.81. The molecule has 1 aliphatic rings. The Kier molecular flexibility index (Phi) is 4.77. The third-order valence-electron chi connectivity index (χ3n) is 3.01. The van der Waals surface area contributed by atoms with Gasteiger partial charge in [-0.1, -0.05) is 0 Å². The zero-order chi connectivity index (χ0) is 15.4. The van der Waals surface area contributed by atoms with Crippen LogP contribution >= 0.6 is 0 Å². The van der Waals surface area contributed by atoms with Crippen molar-refractivity contribution in [3.8, 4) is 0 Å². The van der Waals surface area contributed by atoms with Gasteiger partial charge in [-0.05, 0) is 19.8 Å². The number of carbonyl (C=O) groups excluding carboxylic acids is 1. The predicted octanol–water partition coefficient (Wildman–Crippen LogP) is 0.0842. The first-order valence-electron chi connectivity index (χ1n) is 7.17. The number of aromatic nitrogens is 3. The SMILES string of the molecule is CCNc1nc(N(C)C)nc(N(C)CC(=O)NC2CC2)n1. The number of likely N-dealkylation sites (N-methyl/N-ethyl adjacent to an activating group) is 1. The van der Waals surface area contributed by atoms with Crippen LogP contribution in [0.4, 0.5) is 17.8 Å². The van der Waals surface area contributed by atoms with E-state index in [0.29, 0.717) is 23.9 Å². The van der Waals surface area contributed by atoms with Crippen molar-refractivity contribution < 1.29 is 4.79 Å². The van der Waals surface area contributed by atoms with Crippen LogP contribution in [0, 0.1) is 0 Å². The Hall–Kier alpha value is -2.12. The first-order valence-corrected chi connectivity index (χ1v) is 7.17. The molecule has 0 aromatic carbocycles. The molecule has 1 aromatic heterocycles. The summed E-state index contributed by atoms with van der Waals surface area (Å²) in [6, 6.07) is 0.360. The number of anilines is 3. The fraction of sp³-hybridized carbons (Fsp3) is 0.692. The fourth-order valence-corrected chi connectivity index (χ4v) is 1.75. The lowest BCUT2D eigenvalue weighted by molar-refractivity contribution is -0.119. The summed E-state index contributed by atoms with van der Waals surface area (Å²) >= 11 is 0. The van der Waals surface area contributed by atoms with E-state index in [4.69, 9.17) is 0 Å². The lowest BCUT2D eigenvalue weighted by Gasteiger charge is -2.19. The molecule has 8 heteroatoms. The van der Waals surface area contributed by atoms with Crippen LogP contribution in [0.1, 0.15) is 19.8 Å². The van der Waals surface area contributed by atoms with Crippen LogP contribution in [0.3, 0.4) is 0 Å². The van der Waals surface area contributed by atoms with Gasteiger partial charge in [0.25, 0.3) is 0 Å². The van der Waals surface area contributed by atoms with Gasteiger partial charge in [0.05, 0.1) is 6.54 Å². The molecule has 2 N–H and O–H groups in total. The van der Waals surface area contributed by atoms with E-state index >= 15 is 0 Å². The van der Waals surface area contributed by atoms with Crippen molar-refractivity contribution in [3.63, 3.8) is 0 Å². The number of nitrogens with zero attached hydrogens (tertiary/aromatic N) is 5. The summed E-state index contributed by atoms with van der Waals surface area (Å²) in [5, 5.41) is 6.03. The third kappa shape index (κ3) is 4.44. The zero-order valence-electron chi connectivity index (χ0n) is 13.1. The largest absolute Gasteiger partial charge is 0.354 e. The first kappa shape index (κ1) is 15.3. The molecule has 1 saturated carbocycles. The zero-order valence-corrected chi connectivity index (χ0v) is 13.1. The van der Waals surface area contributed by atoms with Crippen LogP contribution < -0.4 is 20.4 Å². The van der Waals surface area contributed by atoms with Crippen LogP contribution in [0.5, 0.6) is 0 Å². The van der Waals surface area contributed by atoms with E-state index in [1.165, 1.54) is 0 Å². The number of rotatable bonds is 7. The second-order valence-corrected chi connectivity index (χ2v) is 5.38. The minimum atomic E-state index is -0.00295. The molecule has 21 heavy (non-hydrogen) atoms. The summed E-state index contributed by atoms with van der Waals surface area (Å²) in [5.74, 6) is 1.55. The summed E-state index contributed by atoms with van der Waals surface area (Å²) in [6.07, 6.45) is 2.16. The van der Waals surface area contributed by atoms with Gasteiger partial charge in [0.15, 0.2) is 0 Å². The van der Waals surface area contributed by atoms with E-state index in [1.807, 2.05) is 25.9 Å². The molecular formula is C13H23N7O. The Morgan fingerprint density at radius 1 is 1.19 bits per heavy atom. The Morgan fingerprint density at radius 2 is 1.86 bits per heavy atom. The van der Waals surface area contributed by atoms with E-state index < -0.39 is 0 Å². The Balaban J connectivity index is 2.09. The maximum atomic E-state index is 11.9. The fourth-order valence-electron chi connectivity index (χ4n) is 1.75. The summed E-state index contributed by atoms with van der Waals surface area (Å²) in [6.45, 7) is 2.94. The van der Waals surface area contributed by atoms with E-state index in [-0.39, 0.29) is 12.5 Å². The van der Waals surface area contributed by atoms with E-state index in [9.17, 15) is 4.79 Å². The maximum absolute atomic E-state index is 11.9. The van der Waals surface area contributed by atoms with Gasteiger partial charge >= 0.3 is 0 Å². The highest BCUT2D eigenvalue weighted by Gasteiger charge is 2.24. The molecule has 1 aliphatic carbocycles. The average Bonchev–Trinajstić information content (AvgIpc) is 3.22. The van der Waals surface area contributed by atoms with Crippen LogP contribution in [0.15, 0.2) is 0 Å². The minimum Gasteiger partial charge on any atom is -0.354 e. The average molecular weight is 293 g/mol. The predicted molar refractivity (Wildman–Crippen MR) is 82.8 cm³/mol. The van der Waals surface area contributed by atoms with Gasteiger partial charge in [0.2, 0.25) is 23.8 Å². The number of nitrogens with one attached hydrogen (secondary N) is 2. The van der Waals surface area contributed by atoms with Gasteiger partial charge in [-0.3, -0.25) is 4.79 Å². The summed E-state index contributed by atoms with van der Waals surface area (Å²) < 4.78 is 0. The summed E-state index contributed by atoms with van der Waals surface area (Å²) in [4.78, 5) is 28.4. The van der Waals surface area contributed by atoms with Crippen molar-refractivity contribution in [2.24, 2.45) is 0 Å². The second kappa shape index (κ2) is 6.55. The molecule has 0 bridgehead atoms. The van der Waals surface area contributed by atoms with Crippen LogP contribution in [-0.4, -0.2) is 61.1 Å². The number of hydrogen-bond acceptors (Lipinski definition) is 7. The molecule has 0 aliphatic heterocycles. The molecular weight excluding hydrogens is 270 g/mol. The quantitative estimate of drug-likeness (QED) is 0.736. The Morgan fingerprint density at radius 3 is 2.43 bits per heavy atom. The molecule has 8 nitrogen and oxygen atoms in total. The van der Waals surface area contributed by atoms with Crippen molar-refractivity contribution in [2.75, 3.05) is 49.3 Å².